The maximum atomic E-state index is 2.79. The summed E-state index contributed by atoms with van der Waals surface area (Å²) in [5.74, 6) is 0. The van der Waals surface area contributed by atoms with Crippen molar-refractivity contribution >= 4 is 31.5 Å². The standard InChI is InChI=1S/2C13H9.2C6H5.CH3.2ClH.Hf/c2*1-3-7-12-10(5-1)9-11-6-2-4-8-13(11)12;2*1-2-4-6-5-3-1;;;;/h2*1-9H;2*1-5H;1H3;2*1H;. The van der Waals surface area contributed by atoms with Crippen LogP contribution in [-0.4, -0.2) is 0 Å². The molecule has 0 amide bonds. The summed E-state index contributed by atoms with van der Waals surface area (Å²) in [6.07, 6.45) is 0. The molecule has 0 fully saturated rings. The molecule has 0 saturated heterocycles. The Morgan fingerprint density at radius 1 is 0.333 bits per heavy atom. The molecule has 8 rings (SSSR count). The summed E-state index contributed by atoms with van der Waals surface area (Å²) in [4.78, 5) is 0. The van der Waals surface area contributed by atoms with Gasteiger partial charge in [-0.3, -0.25) is 0 Å². The fraction of sp³-hybridized carbons (Fsp3) is 0.0769. The van der Waals surface area contributed by atoms with E-state index in [9.17, 15) is 0 Å². The van der Waals surface area contributed by atoms with Crippen LogP contribution in [0.4, 0.5) is 0 Å². The van der Waals surface area contributed by atoms with Crippen molar-refractivity contribution in [3.63, 3.8) is 0 Å². The van der Waals surface area contributed by atoms with E-state index in [2.05, 4.69) is 162 Å². The molecule has 42 heavy (non-hydrogen) atoms. The first kappa shape index (κ1) is 28.9. The van der Waals surface area contributed by atoms with Gasteiger partial charge in [-0.1, -0.05) is 0 Å². The second-order valence-corrected chi connectivity index (χ2v) is 34.2. The molecule has 207 valence electrons. The van der Waals surface area contributed by atoms with Crippen molar-refractivity contribution in [2.45, 2.75) is 12.0 Å². The van der Waals surface area contributed by atoms with Crippen LogP contribution in [0.25, 0.3) is 22.3 Å². The van der Waals surface area contributed by atoms with E-state index in [1.54, 1.807) is 6.64 Å². The molecule has 0 saturated carbocycles. The third-order valence-electron chi connectivity index (χ3n) is 10.2. The monoisotopic (exact) mass is 751 g/mol. The molecule has 6 aromatic carbocycles. The van der Waals surface area contributed by atoms with Crippen molar-refractivity contribution in [1.82, 2.24) is 0 Å². The molecule has 0 aliphatic heterocycles. The molecule has 0 N–H and O–H groups in total. The fourth-order valence-electron chi connectivity index (χ4n) is 8.68. The van der Waals surface area contributed by atoms with Gasteiger partial charge in [0.15, 0.2) is 0 Å². The Morgan fingerprint density at radius 3 is 0.857 bits per heavy atom. The zero-order valence-electron chi connectivity index (χ0n) is 23.5. The Bertz CT molecular complexity index is 1670. The van der Waals surface area contributed by atoms with Gasteiger partial charge < -0.3 is 0 Å². The second kappa shape index (κ2) is 10.8. The molecular weight excluding hydrogens is 718 g/mol. The molecular formula is C39H33Cl2Hf. The van der Waals surface area contributed by atoms with Gasteiger partial charge >= 0.3 is 239 Å². The molecule has 0 spiro atoms. The van der Waals surface area contributed by atoms with E-state index >= 15 is 0 Å². The predicted molar refractivity (Wildman–Crippen MR) is 180 cm³/mol. The van der Waals surface area contributed by atoms with E-state index < -0.39 is 18.5 Å². The predicted octanol–water partition coefficient (Wildman–Crippen LogP) is 9.76. The second-order valence-electron chi connectivity index (χ2n) is 11.9. The summed E-state index contributed by atoms with van der Waals surface area (Å²) in [6, 6.07) is 60.3. The Morgan fingerprint density at radius 2 is 0.571 bits per heavy atom. The minimum atomic E-state index is -4.80. The van der Waals surface area contributed by atoms with E-state index in [1.165, 1.54) is 44.5 Å². The normalized spacial score (nSPS) is 14.3. The molecule has 2 aliphatic rings. The minimum absolute atomic E-state index is 0. The Labute approximate surface area is 262 Å². The van der Waals surface area contributed by atoms with Crippen molar-refractivity contribution in [2.24, 2.45) is 0 Å². The summed E-state index contributed by atoms with van der Waals surface area (Å²) in [6.45, 7) is 0. The van der Waals surface area contributed by atoms with Crippen LogP contribution in [-0.2, 0) is 18.5 Å². The fourth-order valence-corrected chi connectivity index (χ4v) is 38.7. The summed E-state index contributed by atoms with van der Waals surface area (Å²) in [5.41, 5.74) is 11.6. The van der Waals surface area contributed by atoms with E-state index in [4.69, 9.17) is 0 Å². The van der Waals surface area contributed by atoms with Crippen molar-refractivity contribution in [1.29, 1.82) is 0 Å². The van der Waals surface area contributed by atoms with Gasteiger partial charge in [0, 0.05) is 0 Å². The van der Waals surface area contributed by atoms with Crippen LogP contribution in [0.15, 0.2) is 158 Å². The quantitative estimate of drug-likeness (QED) is 0.158. The van der Waals surface area contributed by atoms with Crippen molar-refractivity contribution < 1.29 is 18.5 Å². The topological polar surface area (TPSA) is 0 Å². The van der Waals surface area contributed by atoms with Crippen LogP contribution in [0, 0.1) is 0 Å². The summed E-state index contributed by atoms with van der Waals surface area (Å²) < 4.78 is 6.50. The van der Waals surface area contributed by atoms with Gasteiger partial charge in [-0.25, -0.2) is 0 Å². The molecule has 3 heteroatoms. The third kappa shape index (κ3) is 3.70. The van der Waals surface area contributed by atoms with E-state index in [1.807, 2.05) is 0 Å². The average molecular weight is 751 g/mol. The average Bonchev–Trinajstić information content (AvgIpc) is 3.56. The summed E-state index contributed by atoms with van der Waals surface area (Å²) in [7, 11) is 0. The number of rotatable bonds is 4. The number of fused-ring (bicyclic) bond motifs is 6. The molecule has 2 aliphatic carbocycles. The van der Waals surface area contributed by atoms with E-state index in [0.717, 1.165) is 0 Å². The van der Waals surface area contributed by atoms with Crippen molar-refractivity contribution in [3.8, 4) is 22.3 Å². The van der Waals surface area contributed by atoms with Crippen LogP contribution in [0.5, 0.6) is 0 Å². The van der Waals surface area contributed by atoms with Gasteiger partial charge in [0.1, 0.15) is 0 Å². The van der Waals surface area contributed by atoms with Gasteiger partial charge in [0.25, 0.3) is 0 Å². The zero-order valence-corrected chi connectivity index (χ0v) is 28.7. The molecule has 0 bridgehead atoms. The summed E-state index contributed by atoms with van der Waals surface area (Å²) in [5, 5.41) is 0. The molecule has 0 aromatic heterocycles. The molecule has 0 atom stereocenters. The number of hydrogen-bond donors (Lipinski definition) is 0. The Hall–Kier alpha value is -3.23. The van der Waals surface area contributed by atoms with Gasteiger partial charge in [0.05, 0.1) is 0 Å². The molecule has 6 aromatic rings. The molecule has 0 unspecified atom stereocenters. The number of halogens is 2. The SMILES string of the molecule is Cl.Cl.[CH3][Hf]([c]1ccccc1)([c]1ccccc1)([CH]1c2ccccc2-c2ccccc21)[CH]1c2ccccc2-c2ccccc21. The van der Waals surface area contributed by atoms with Crippen molar-refractivity contribution in [2.75, 3.05) is 0 Å². The van der Waals surface area contributed by atoms with Crippen LogP contribution in [0.1, 0.15) is 29.6 Å². The first-order valence-electron chi connectivity index (χ1n) is 14.4. The van der Waals surface area contributed by atoms with E-state index in [-0.39, 0.29) is 24.8 Å². The van der Waals surface area contributed by atoms with Crippen molar-refractivity contribution in [3.05, 3.63) is 180 Å². The van der Waals surface area contributed by atoms with Gasteiger partial charge in [0.2, 0.25) is 0 Å². The Balaban J connectivity index is 0.00000158. The Kier molecular flexibility index (Phi) is 7.42. The van der Waals surface area contributed by atoms with Crippen LogP contribution in [0.2, 0.25) is 4.68 Å². The van der Waals surface area contributed by atoms with Gasteiger partial charge in [-0.05, 0) is 0 Å². The molecule has 0 heterocycles. The maximum absolute atomic E-state index is 4.80. The number of hydrogen-bond acceptors (Lipinski definition) is 0. The third-order valence-corrected chi connectivity index (χ3v) is 38.8. The first-order valence-corrected chi connectivity index (χ1v) is 25.7. The molecule has 0 nitrogen and oxygen atoms in total. The van der Waals surface area contributed by atoms with Crippen LogP contribution < -0.4 is 6.64 Å². The number of benzene rings is 6. The van der Waals surface area contributed by atoms with Gasteiger partial charge in [-0.2, -0.15) is 0 Å². The van der Waals surface area contributed by atoms with Crippen LogP contribution in [0.3, 0.4) is 0 Å². The van der Waals surface area contributed by atoms with Gasteiger partial charge in [-0.15, -0.1) is 24.8 Å². The first-order chi connectivity index (χ1) is 19.7. The zero-order chi connectivity index (χ0) is 26.8. The molecule has 0 radical (unpaired) electrons. The summed E-state index contributed by atoms with van der Waals surface area (Å²) >= 11 is -4.80. The van der Waals surface area contributed by atoms with Crippen LogP contribution >= 0.6 is 24.8 Å². The van der Waals surface area contributed by atoms with E-state index in [0.29, 0.717) is 7.35 Å².